The molecule has 0 aromatic carbocycles. The lowest BCUT2D eigenvalue weighted by Crippen LogP contribution is -2.39. The molecule has 0 unspecified atom stereocenters. The highest BCUT2D eigenvalue weighted by Crippen LogP contribution is 2.36. The molecule has 1 aromatic rings. The van der Waals surface area contributed by atoms with Crippen LogP contribution in [0.4, 0.5) is 0 Å². The number of carbonyl (C=O) groups excluding carboxylic acids is 1. The molecule has 2 aliphatic heterocycles. The van der Waals surface area contributed by atoms with Crippen molar-refractivity contribution in [3.63, 3.8) is 0 Å². The van der Waals surface area contributed by atoms with Gasteiger partial charge in [0.2, 0.25) is 0 Å². The van der Waals surface area contributed by atoms with Gasteiger partial charge in [-0.05, 0) is 24.1 Å². The zero-order chi connectivity index (χ0) is 15.0. The summed E-state index contributed by atoms with van der Waals surface area (Å²) in [5.74, 6) is -0.0911. The van der Waals surface area contributed by atoms with Crippen LogP contribution in [0, 0.1) is 0 Å². The number of thioether (sulfide) groups is 1. The lowest BCUT2D eigenvalue weighted by Gasteiger charge is -2.20. The van der Waals surface area contributed by atoms with E-state index < -0.39 is 9.84 Å². The van der Waals surface area contributed by atoms with E-state index in [0.29, 0.717) is 15.6 Å². The van der Waals surface area contributed by atoms with E-state index in [-0.39, 0.29) is 23.5 Å². The second-order valence-corrected chi connectivity index (χ2v) is 8.80. The van der Waals surface area contributed by atoms with Gasteiger partial charge in [0.05, 0.1) is 22.5 Å². The molecular formula is C13H12N2O3S3. The number of hydrogen-bond donors (Lipinski definition) is 0. The minimum atomic E-state index is -3.05. The Bertz CT molecular complexity index is 728. The van der Waals surface area contributed by atoms with Gasteiger partial charge in [-0.3, -0.25) is 14.7 Å². The largest absolute Gasteiger partial charge is 0.289 e. The Labute approximate surface area is 132 Å². The third-order valence-corrected chi connectivity index (χ3v) is 6.46. The number of carbonyl (C=O) groups is 1. The van der Waals surface area contributed by atoms with Gasteiger partial charge < -0.3 is 0 Å². The zero-order valence-corrected chi connectivity index (χ0v) is 13.4. The van der Waals surface area contributed by atoms with Gasteiger partial charge in [-0.15, -0.1) is 0 Å². The van der Waals surface area contributed by atoms with Crippen molar-refractivity contribution in [2.24, 2.45) is 0 Å². The molecule has 0 spiro atoms. The lowest BCUT2D eigenvalue weighted by molar-refractivity contribution is -0.123. The molecule has 0 aliphatic carbocycles. The van der Waals surface area contributed by atoms with E-state index in [2.05, 4.69) is 4.98 Å². The van der Waals surface area contributed by atoms with Crippen LogP contribution in [-0.4, -0.2) is 46.1 Å². The standard InChI is InChI=1S/C13H12N2O3S3/c16-12-11(6-9-2-1-4-14-7-9)20-13(19)15(12)10-3-5-21(17,18)8-10/h1-2,4,6-7,10H,3,5,8H2/b11-6-/t10-/m0/s1. The van der Waals surface area contributed by atoms with Crippen molar-refractivity contribution in [2.45, 2.75) is 12.5 Å². The number of amides is 1. The van der Waals surface area contributed by atoms with Gasteiger partial charge in [-0.25, -0.2) is 8.42 Å². The van der Waals surface area contributed by atoms with E-state index >= 15 is 0 Å². The number of rotatable bonds is 2. The Morgan fingerprint density at radius 1 is 1.48 bits per heavy atom. The van der Waals surface area contributed by atoms with Gasteiger partial charge in [0, 0.05) is 12.4 Å². The molecule has 3 heterocycles. The van der Waals surface area contributed by atoms with Crippen molar-refractivity contribution < 1.29 is 13.2 Å². The van der Waals surface area contributed by atoms with Gasteiger partial charge in [-0.2, -0.15) is 0 Å². The van der Waals surface area contributed by atoms with Gasteiger partial charge in [0.1, 0.15) is 4.32 Å². The van der Waals surface area contributed by atoms with Crippen molar-refractivity contribution >= 4 is 50.1 Å². The van der Waals surface area contributed by atoms with Crippen LogP contribution in [0.5, 0.6) is 0 Å². The predicted octanol–water partition coefficient (Wildman–Crippen LogP) is 1.47. The minimum Gasteiger partial charge on any atom is -0.289 e. The summed E-state index contributed by atoms with van der Waals surface area (Å²) in [5.41, 5.74) is 0.817. The highest BCUT2D eigenvalue weighted by atomic mass is 32.2. The smallest absolute Gasteiger partial charge is 0.266 e. The summed E-state index contributed by atoms with van der Waals surface area (Å²) in [6.45, 7) is 0. The number of hydrogen-bond acceptors (Lipinski definition) is 6. The van der Waals surface area contributed by atoms with E-state index in [1.807, 2.05) is 6.07 Å². The maximum atomic E-state index is 12.5. The second kappa shape index (κ2) is 5.51. The summed E-state index contributed by atoms with van der Waals surface area (Å²) in [7, 11) is -3.05. The number of nitrogens with zero attached hydrogens (tertiary/aromatic N) is 2. The molecule has 1 amide bonds. The molecular weight excluding hydrogens is 328 g/mol. The Morgan fingerprint density at radius 2 is 2.29 bits per heavy atom. The fourth-order valence-electron chi connectivity index (χ4n) is 2.39. The van der Waals surface area contributed by atoms with E-state index in [1.54, 1.807) is 24.5 Å². The zero-order valence-electron chi connectivity index (χ0n) is 10.9. The molecule has 0 radical (unpaired) electrons. The SMILES string of the molecule is O=C1/C(=C/c2cccnc2)SC(=S)N1[C@H]1CCS(=O)(=O)C1. The van der Waals surface area contributed by atoms with Crippen molar-refractivity contribution in [2.75, 3.05) is 11.5 Å². The van der Waals surface area contributed by atoms with Crippen molar-refractivity contribution in [1.82, 2.24) is 9.88 Å². The molecule has 3 rings (SSSR count). The average molecular weight is 340 g/mol. The minimum absolute atomic E-state index is 0.000384. The molecule has 0 bridgehead atoms. The van der Waals surface area contributed by atoms with Gasteiger partial charge in [-0.1, -0.05) is 30.0 Å². The number of aromatic nitrogens is 1. The van der Waals surface area contributed by atoms with Crippen LogP contribution >= 0.6 is 24.0 Å². The van der Waals surface area contributed by atoms with Crippen LogP contribution < -0.4 is 0 Å². The van der Waals surface area contributed by atoms with E-state index in [0.717, 1.165) is 5.56 Å². The number of thiocarbonyl (C=S) groups is 1. The first-order valence-electron chi connectivity index (χ1n) is 6.34. The fraction of sp³-hybridized carbons (Fsp3) is 0.308. The monoisotopic (exact) mass is 340 g/mol. The molecule has 0 saturated carbocycles. The highest BCUT2D eigenvalue weighted by molar-refractivity contribution is 8.26. The quantitative estimate of drug-likeness (QED) is 0.600. The third kappa shape index (κ3) is 3.02. The Morgan fingerprint density at radius 3 is 2.90 bits per heavy atom. The van der Waals surface area contributed by atoms with Crippen LogP contribution in [0.15, 0.2) is 29.4 Å². The number of pyridine rings is 1. The Balaban J connectivity index is 1.85. The first-order valence-corrected chi connectivity index (χ1v) is 9.38. The average Bonchev–Trinajstić information content (AvgIpc) is 2.91. The summed E-state index contributed by atoms with van der Waals surface area (Å²) in [6.07, 6.45) is 5.50. The lowest BCUT2D eigenvalue weighted by atomic mass is 10.2. The third-order valence-electron chi connectivity index (χ3n) is 3.38. The highest BCUT2D eigenvalue weighted by Gasteiger charge is 2.41. The summed E-state index contributed by atoms with van der Waals surface area (Å²) in [4.78, 5) is 18.4. The summed E-state index contributed by atoms with van der Waals surface area (Å²) in [5, 5.41) is 0. The van der Waals surface area contributed by atoms with Crippen LogP contribution in [0.2, 0.25) is 0 Å². The van der Waals surface area contributed by atoms with Crippen molar-refractivity contribution in [3.8, 4) is 0 Å². The molecule has 1 atom stereocenters. The molecule has 21 heavy (non-hydrogen) atoms. The van der Waals surface area contributed by atoms with Crippen molar-refractivity contribution in [1.29, 1.82) is 0 Å². The Hall–Kier alpha value is -1.25. The fourth-order valence-corrected chi connectivity index (χ4v) is 5.49. The molecule has 8 heteroatoms. The first kappa shape index (κ1) is 14.7. The maximum Gasteiger partial charge on any atom is 0.266 e. The molecule has 2 fully saturated rings. The van der Waals surface area contributed by atoms with E-state index in [4.69, 9.17) is 12.2 Å². The molecule has 110 valence electrons. The summed E-state index contributed by atoms with van der Waals surface area (Å²) >= 11 is 6.45. The van der Waals surface area contributed by atoms with Crippen LogP contribution in [0.3, 0.4) is 0 Å². The Kier molecular flexibility index (Phi) is 3.85. The van der Waals surface area contributed by atoms with Crippen molar-refractivity contribution in [3.05, 3.63) is 35.0 Å². The molecule has 1 aromatic heterocycles. The van der Waals surface area contributed by atoms with Gasteiger partial charge in [0.25, 0.3) is 5.91 Å². The summed E-state index contributed by atoms with van der Waals surface area (Å²) in [6, 6.07) is 3.30. The number of sulfone groups is 1. The van der Waals surface area contributed by atoms with Crippen LogP contribution in [-0.2, 0) is 14.6 Å². The van der Waals surface area contributed by atoms with Gasteiger partial charge >= 0.3 is 0 Å². The maximum absolute atomic E-state index is 12.5. The van der Waals surface area contributed by atoms with E-state index in [1.165, 1.54) is 16.7 Å². The van der Waals surface area contributed by atoms with Crippen LogP contribution in [0.1, 0.15) is 12.0 Å². The van der Waals surface area contributed by atoms with Crippen LogP contribution in [0.25, 0.3) is 6.08 Å². The second-order valence-electron chi connectivity index (χ2n) is 4.89. The molecule has 2 aliphatic rings. The summed E-state index contributed by atoms with van der Waals surface area (Å²) < 4.78 is 23.6. The molecule has 2 saturated heterocycles. The predicted molar refractivity (Wildman–Crippen MR) is 86.3 cm³/mol. The normalized spacial score (nSPS) is 26.8. The van der Waals surface area contributed by atoms with E-state index in [9.17, 15) is 13.2 Å². The molecule has 5 nitrogen and oxygen atoms in total. The van der Waals surface area contributed by atoms with Gasteiger partial charge in [0.15, 0.2) is 9.84 Å². The topological polar surface area (TPSA) is 67.3 Å². The first-order chi connectivity index (χ1) is 9.96. The molecule has 0 N–H and O–H groups in total.